The van der Waals surface area contributed by atoms with Crippen LogP contribution in [0.25, 0.3) is 0 Å². The zero-order valence-electron chi connectivity index (χ0n) is 12.8. The third-order valence-corrected chi connectivity index (χ3v) is 3.99. The maximum atomic E-state index is 12.6. The number of aliphatic hydroxyl groups is 1. The number of aliphatic hydroxyl groups excluding tert-OH is 1. The smallest absolute Gasteiger partial charge is 0.388 e. The van der Waals surface area contributed by atoms with E-state index in [-0.39, 0.29) is 18.7 Å². The van der Waals surface area contributed by atoms with Crippen molar-refractivity contribution in [2.24, 2.45) is 0 Å². The summed E-state index contributed by atoms with van der Waals surface area (Å²) in [6, 6.07) is 5.73. The van der Waals surface area contributed by atoms with Crippen LogP contribution in [0.5, 0.6) is 0 Å². The van der Waals surface area contributed by atoms with Crippen LogP contribution < -0.4 is 10.6 Å². The second-order valence-electron chi connectivity index (χ2n) is 5.15. The number of alkyl halides is 3. The molecule has 2 amide bonds. The van der Waals surface area contributed by atoms with Crippen molar-refractivity contribution in [3.8, 4) is 0 Å². The summed E-state index contributed by atoms with van der Waals surface area (Å²) in [7, 11) is 0. The first-order valence-corrected chi connectivity index (χ1v) is 8.18. The Bertz CT molecular complexity index is 732. The number of benzene rings is 1. The fourth-order valence-electron chi connectivity index (χ4n) is 2.00. The van der Waals surface area contributed by atoms with Crippen LogP contribution in [0.2, 0.25) is 0 Å². The minimum atomic E-state index is -4.54. The van der Waals surface area contributed by atoms with Crippen molar-refractivity contribution in [2.75, 3.05) is 11.9 Å². The van der Waals surface area contributed by atoms with E-state index in [1.54, 1.807) is 16.8 Å². The van der Waals surface area contributed by atoms with E-state index in [4.69, 9.17) is 0 Å². The van der Waals surface area contributed by atoms with Gasteiger partial charge in [-0.3, -0.25) is 9.59 Å². The van der Waals surface area contributed by atoms with Crippen molar-refractivity contribution >= 4 is 28.8 Å². The molecule has 1 aromatic carbocycles. The molecule has 25 heavy (non-hydrogen) atoms. The summed E-state index contributed by atoms with van der Waals surface area (Å²) < 4.78 is 37.8. The number of rotatable bonds is 5. The highest BCUT2D eigenvalue weighted by molar-refractivity contribution is 7.07. The van der Waals surface area contributed by atoms with Gasteiger partial charge < -0.3 is 15.7 Å². The van der Waals surface area contributed by atoms with E-state index in [2.05, 4.69) is 10.6 Å². The average molecular weight is 372 g/mol. The largest absolute Gasteiger partial charge is 0.416 e. The van der Waals surface area contributed by atoms with E-state index in [1.807, 2.05) is 0 Å². The van der Waals surface area contributed by atoms with Gasteiger partial charge in [0.25, 0.3) is 0 Å². The molecule has 2 rings (SSSR count). The van der Waals surface area contributed by atoms with E-state index in [1.165, 1.54) is 17.4 Å². The van der Waals surface area contributed by atoms with E-state index in [0.29, 0.717) is 5.56 Å². The van der Waals surface area contributed by atoms with E-state index in [9.17, 15) is 27.9 Å². The molecule has 9 heteroatoms. The summed E-state index contributed by atoms with van der Waals surface area (Å²) in [6.07, 6.45) is -5.10. The van der Waals surface area contributed by atoms with E-state index >= 15 is 0 Å². The quantitative estimate of drug-likeness (QED) is 0.706. The molecule has 1 atom stereocenters. The summed E-state index contributed by atoms with van der Waals surface area (Å²) in [5.41, 5.74) is -0.342. The first-order chi connectivity index (χ1) is 11.8. The van der Waals surface area contributed by atoms with Gasteiger partial charge in [0.1, 0.15) is 0 Å². The molecule has 0 unspecified atom stereocenters. The maximum Gasteiger partial charge on any atom is 0.416 e. The molecular weight excluding hydrogens is 357 g/mol. The Morgan fingerprint density at radius 2 is 1.96 bits per heavy atom. The molecule has 0 aliphatic heterocycles. The number of thiophene rings is 1. The Kier molecular flexibility index (Phi) is 6.16. The van der Waals surface area contributed by atoms with Gasteiger partial charge in [-0.25, -0.2) is 0 Å². The lowest BCUT2D eigenvalue weighted by molar-refractivity contribution is -0.137. The van der Waals surface area contributed by atoms with Crippen molar-refractivity contribution in [1.82, 2.24) is 5.32 Å². The van der Waals surface area contributed by atoms with Crippen LogP contribution in [0.4, 0.5) is 18.9 Å². The molecule has 1 heterocycles. The molecular formula is C16H15F3N2O3S. The monoisotopic (exact) mass is 372 g/mol. The molecule has 0 bridgehead atoms. The Balaban J connectivity index is 1.83. The highest BCUT2D eigenvalue weighted by atomic mass is 32.1. The maximum absolute atomic E-state index is 12.6. The minimum absolute atomic E-state index is 0.0475. The molecule has 5 nitrogen and oxygen atoms in total. The SMILES string of the molecule is O=C(NCC[C@H](O)c1ccsc1)C(=O)Nc1cccc(C(F)(F)F)c1. The lowest BCUT2D eigenvalue weighted by Gasteiger charge is -2.11. The van der Waals surface area contributed by atoms with Crippen LogP contribution in [-0.2, 0) is 15.8 Å². The molecule has 2 aromatic rings. The average Bonchev–Trinajstić information content (AvgIpc) is 3.08. The van der Waals surface area contributed by atoms with Crippen LogP contribution in [-0.4, -0.2) is 23.5 Å². The Labute approximate surface area is 145 Å². The number of carbonyl (C=O) groups is 2. The van der Waals surface area contributed by atoms with Crippen LogP contribution in [0.15, 0.2) is 41.1 Å². The minimum Gasteiger partial charge on any atom is -0.388 e. The van der Waals surface area contributed by atoms with E-state index < -0.39 is 29.7 Å². The van der Waals surface area contributed by atoms with Gasteiger partial charge in [0.2, 0.25) is 0 Å². The number of hydrogen-bond donors (Lipinski definition) is 3. The standard InChI is InChI=1S/C16H15F3N2O3S/c17-16(18,19)11-2-1-3-12(8-11)21-15(24)14(23)20-6-4-13(22)10-5-7-25-9-10/h1-3,5,7-9,13,22H,4,6H2,(H,20,23)(H,21,24)/t13-/m0/s1. The van der Waals surface area contributed by atoms with Crippen LogP contribution in [0.1, 0.15) is 23.7 Å². The summed E-state index contributed by atoms with van der Waals surface area (Å²) >= 11 is 1.43. The fourth-order valence-corrected chi connectivity index (χ4v) is 2.70. The molecule has 0 aliphatic carbocycles. The Morgan fingerprint density at radius 1 is 1.20 bits per heavy atom. The number of carbonyl (C=O) groups excluding carboxylic acids is 2. The highest BCUT2D eigenvalue weighted by Crippen LogP contribution is 2.30. The van der Waals surface area contributed by atoms with Gasteiger partial charge in [0.15, 0.2) is 0 Å². The van der Waals surface area contributed by atoms with Gasteiger partial charge in [0.05, 0.1) is 11.7 Å². The number of halogens is 3. The predicted octanol–water partition coefficient (Wildman–Crippen LogP) is 2.95. The third-order valence-electron chi connectivity index (χ3n) is 3.29. The molecule has 1 aromatic heterocycles. The van der Waals surface area contributed by atoms with Crippen LogP contribution >= 0.6 is 11.3 Å². The Hall–Kier alpha value is -2.39. The summed E-state index contributed by atoms with van der Waals surface area (Å²) in [5, 5.41) is 17.8. The van der Waals surface area contributed by atoms with Crippen molar-refractivity contribution in [2.45, 2.75) is 18.7 Å². The second kappa shape index (κ2) is 8.13. The van der Waals surface area contributed by atoms with Crippen molar-refractivity contribution in [1.29, 1.82) is 0 Å². The number of hydrogen-bond acceptors (Lipinski definition) is 4. The van der Waals surface area contributed by atoms with Gasteiger partial charge >= 0.3 is 18.0 Å². The van der Waals surface area contributed by atoms with Gasteiger partial charge in [0, 0.05) is 12.2 Å². The molecule has 0 saturated heterocycles. The van der Waals surface area contributed by atoms with Gasteiger partial charge in [-0.2, -0.15) is 24.5 Å². The number of amides is 2. The van der Waals surface area contributed by atoms with Crippen LogP contribution in [0, 0.1) is 0 Å². The molecule has 134 valence electrons. The second-order valence-corrected chi connectivity index (χ2v) is 5.93. The summed E-state index contributed by atoms with van der Waals surface area (Å²) in [4.78, 5) is 23.4. The summed E-state index contributed by atoms with van der Waals surface area (Å²) in [6.45, 7) is 0.0475. The predicted molar refractivity (Wildman–Crippen MR) is 87.0 cm³/mol. The molecule has 0 saturated carbocycles. The normalized spacial score (nSPS) is 12.5. The van der Waals surface area contributed by atoms with Crippen molar-refractivity contribution in [3.05, 3.63) is 52.2 Å². The first kappa shape index (κ1) is 18.9. The lowest BCUT2D eigenvalue weighted by Crippen LogP contribution is -2.36. The lowest BCUT2D eigenvalue weighted by atomic mass is 10.1. The van der Waals surface area contributed by atoms with Gasteiger partial charge in [-0.1, -0.05) is 6.07 Å². The van der Waals surface area contributed by atoms with Crippen LogP contribution in [0.3, 0.4) is 0 Å². The third kappa shape index (κ3) is 5.57. The van der Waals surface area contributed by atoms with Crippen molar-refractivity contribution in [3.63, 3.8) is 0 Å². The Morgan fingerprint density at radius 3 is 2.60 bits per heavy atom. The molecule has 0 aliphatic rings. The zero-order valence-corrected chi connectivity index (χ0v) is 13.7. The zero-order chi connectivity index (χ0) is 18.4. The summed E-state index contributed by atoms with van der Waals surface area (Å²) in [5.74, 6) is -2.07. The highest BCUT2D eigenvalue weighted by Gasteiger charge is 2.30. The first-order valence-electron chi connectivity index (χ1n) is 7.24. The molecule has 3 N–H and O–H groups in total. The van der Waals surface area contributed by atoms with E-state index in [0.717, 1.165) is 18.2 Å². The van der Waals surface area contributed by atoms with Gasteiger partial charge in [-0.15, -0.1) is 0 Å². The topological polar surface area (TPSA) is 78.4 Å². The fraction of sp³-hybridized carbons (Fsp3) is 0.250. The molecule has 0 fully saturated rings. The molecule has 0 spiro atoms. The van der Waals surface area contributed by atoms with Gasteiger partial charge in [-0.05, 0) is 47.0 Å². The van der Waals surface area contributed by atoms with Crippen molar-refractivity contribution < 1.29 is 27.9 Å². The number of anilines is 1. The number of nitrogens with one attached hydrogen (secondary N) is 2. The molecule has 0 radical (unpaired) electrons.